The molecule has 2 aliphatic rings. The van der Waals surface area contributed by atoms with Gasteiger partial charge in [0.05, 0.1) is 0 Å². The molecule has 0 bridgehead atoms. The molecule has 1 aliphatic heterocycles. The Kier molecular flexibility index (Phi) is 4.48. The maximum Gasteiger partial charge on any atom is 0.326 e. The van der Waals surface area contributed by atoms with Crippen LogP contribution in [0.15, 0.2) is 23.9 Å². The topological polar surface area (TPSA) is 58.2 Å². The first-order valence-electron chi connectivity index (χ1n) is 8.82. The summed E-state index contributed by atoms with van der Waals surface area (Å²) in [6.45, 7) is 6.61. The van der Waals surface area contributed by atoms with Gasteiger partial charge in [0.1, 0.15) is 5.70 Å². The predicted molar refractivity (Wildman–Crippen MR) is 95.6 cm³/mol. The second kappa shape index (κ2) is 6.42. The van der Waals surface area contributed by atoms with Crippen molar-refractivity contribution in [1.82, 2.24) is 10.6 Å². The van der Waals surface area contributed by atoms with Crippen molar-refractivity contribution >= 4 is 18.0 Å². The second-order valence-corrected chi connectivity index (χ2v) is 7.94. The average Bonchev–Trinajstić information content (AvgIpc) is 2.84. The number of urea groups is 1. The number of carbonyl (C=O) groups is 2. The van der Waals surface area contributed by atoms with Gasteiger partial charge in [0.15, 0.2) is 0 Å². The molecular weight excluding hydrogens is 300 g/mol. The molecule has 3 rings (SSSR count). The largest absolute Gasteiger partial charge is 0.326 e. The van der Waals surface area contributed by atoms with Gasteiger partial charge in [0.2, 0.25) is 0 Å². The van der Waals surface area contributed by atoms with Crippen molar-refractivity contribution in [3.63, 3.8) is 0 Å². The summed E-state index contributed by atoms with van der Waals surface area (Å²) in [4.78, 5) is 23.1. The predicted octanol–water partition coefficient (Wildman–Crippen LogP) is 4.21. The molecule has 2 fully saturated rings. The average molecular weight is 326 g/mol. The number of benzene rings is 1. The minimum Gasteiger partial charge on any atom is -0.303 e. The van der Waals surface area contributed by atoms with Crippen molar-refractivity contribution < 1.29 is 9.59 Å². The standard InChI is InChI=1S/C20H26N2O2/c1-20(2,3)16-10-13(11-17-18(23)22-19(24)21-17)9-15(12-16)14-7-5-4-6-8-14/h9-12,14H,4-8H2,1-3H3,(H2,21,22,23,24)/b17-11-. The summed E-state index contributed by atoms with van der Waals surface area (Å²) in [5, 5.41) is 4.82. The Morgan fingerprint density at radius 3 is 2.29 bits per heavy atom. The Bertz CT molecular complexity index is 692. The van der Waals surface area contributed by atoms with Crippen molar-refractivity contribution in [2.75, 3.05) is 0 Å². The van der Waals surface area contributed by atoms with Crippen molar-refractivity contribution in [3.8, 4) is 0 Å². The molecule has 0 spiro atoms. The second-order valence-electron chi connectivity index (χ2n) is 7.94. The lowest BCUT2D eigenvalue weighted by molar-refractivity contribution is -0.115. The van der Waals surface area contributed by atoms with Crippen LogP contribution < -0.4 is 10.6 Å². The van der Waals surface area contributed by atoms with E-state index in [1.165, 1.54) is 43.2 Å². The first-order chi connectivity index (χ1) is 11.3. The number of amides is 3. The van der Waals surface area contributed by atoms with Crippen LogP contribution >= 0.6 is 0 Å². The monoisotopic (exact) mass is 326 g/mol. The van der Waals surface area contributed by atoms with Gasteiger partial charge in [-0.1, -0.05) is 58.2 Å². The highest BCUT2D eigenvalue weighted by Gasteiger charge is 2.24. The molecule has 4 heteroatoms. The Balaban J connectivity index is 2.00. The number of hydrogen-bond donors (Lipinski definition) is 2. The van der Waals surface area contributed by atoms with E-state index in [4.69, 9.17) is 0 Å². The van der Waals surface area contributed by atoms with E-state index in [0.29, 0.717) is 11.6 Å². The maximum atomic E-state index is 11.8. The molecule has 4 nitrogen and oxygen atoms in total. The Morgan fingerprint density at radius 1 is 1.00 bits per heavy atom. The Hall–Kier alpha value is -2.10. The summed E-state index contributed by atoms with van der Waals surface area (Å²) >= 11 is 0. The van der Waals surface area contributed by atoms with Gasteiger partial charge in [-0.2, -0.15) is 0 Å². The van der Waals surface area contributed by atoms with Crippen molar-refractivity contribution in [2.24, 2.45) is 0 Å². The van der Waals surface area contributed by atoms with Crippen molar-refractivity contribution in [1.29, 1.82) is 0 Å². The Labute approximate surface area is 143 Å². The zero-order valence-corrected chi connectivity index (χ0v) is 14.7. The van der Waals surface area contributed by atoms with Crippen LogP contribution in [-0.4, -0.2) is 11.9 Å². The number of nitrogens with one attached hydrogen (secondary N) is 2. The van der Waals surface area contributed by atoms with Crippen LogP contribution in [0.1, 0.15) is 75.5 Å². The quantitative estimate of drug-likeness (QED) is 0.632. The lowest BCUT2D eigenvalue weighted by Gasteiger charge is -2.26. The minimum absolute atomic E-state index is 0.0408. The fourth-order valence-electron chi connectivity index (χ4n) is 3.51. The highest BCUT2D eigenvalue weighted by molar-refractivity contribution is 6.13. The van der Waals surface area contributed by atoms with E-state index in [1.54, 1.807) is 6.08 Å². The summed E-state index contributed by atoms with van der Waals surface area (Å²) in [7, 11) is 0. The molecule has 0 atom stereocenters. The zero-order chi connectivity index (χ0) is 17.3. The molecule has 1 saturated carbocycles. The van der Waals surface area contributed by atoms with Crippen LogP contribution in [0.3, 0.4) is 0 Å². The molecule has 0 unspecified atom stereocenters. The van der Waals surface area contributed by atoms with Crippen molar-refractivity contribution in [3.05, 3.63) is 40.6 Å². The van der Waals surface area contributed by atoms with Gasteiger partial charge in [-0.3, -0.25) is 10.1 Å². The fraction of sp³-hybridized carbons (Fsp3) is 0.500. The highest BCUT2D eigenvalue weighted by Crippen LogP contribution is 2.36. The van der Waals surface area contributed by atoms with E-state index in [9.17, 15) is 9.59 Å². The van der Waals surface area contributed by atoms with Gasteiger partial charge in [0, 0.05) is 0 Å². The number of imide groups is 1. The number of carbonyl (C=O) groups excluding carboxylic acids is 2. The van der Waals surface area contributed by atoms with Gasteiger partial charge in [-0.15, -0.1) is 0 Å². The fourth-order valence-corrected chi connectivity index (χ4v) is 3.51. The van der Waals surface area contributed by atoms with Crippen LogP contribution in [-0.2, 0) is 10.2 Å². The number of rotatable bonds is 2. The molecule has 1 aromatic rings. The van der Waals surface area contributed by atoms with Gasteiger partial charge < -0.3 is 5.32 Å². The number of hydrogen-bond acceptors (Lipinski definition) is 2. The smallest absolute Gasteiger partial charge is 0.303 e. The molecule has 2 N–H and O–H groups in total. The normalized spacial score (nSPS) is 21.0. The minimum atomic E-state index is -0.453. The lowest BCUT2D eigenvalue weighted by Crippen LogP contribution is -2.22. The van der Waals surface area contributed by atoms with Crippen LogP contribution in [0.5, 0.6) is 0 Å². The molecule has 1 aromatic carbocycles. The SMILES string of the molecule is CC(C)(C)c1cc(/C=C2\NC(=O)NC2=O)cc(C2CCCCC2)c1. The van der Waals surface area contributed by atoms with E-state index in [0.717, 1.165) is 5.56 Å². The van der Waals surface area contributed by atoms with Crippen LogP contribution in [0.4, 0.5) is 4.79 Å². The maximum absolute atomic E-state index is 11.8. The molecular formula is C20H26N2O2. The summed E-state index contributed by atoms with van der Waals surface area (Å²) in [6.07, 6.45) is 8.17. The van der Waals surface area contributed by atoms with Crippen LogP contribution in [0.2, 0.25) is 0 Å². The summed E-state index contributed by atoms with van der Waals surface area (Å²) in [5.41, 5.74) is 3.97. The summed E-state index contributed by atoms with van der Waals surface area (Å²) in [5.74, 6) is 0.241. The highest BCUT2D eigenvalue weighted by atomic mass is 16.2. The molecule has 3 amide bonds. The summed E-state index contributed by atoms with van der Waals surface area (Å²) < 4.78 is 0. The molecule has 0 aromatic heterocycles. The molecule has 24 heavy (non-hydrogen) atoms. The van der Waals surface area contributed by atoms with E-state index in [2.05, 4.69) is 49.6 Å². The summed E-state index contributed by atoms with van der Waals surface area (Å²) in [6, 6.07) is 6.17. The molecule has 1 saturated heterocycles. The third-order valence-corrected chi connectivity index (χ3v) is 4.95. The van der Waals surface area contributed by atoms with Crippen LogP contribution in [0.25, 0.3) is 6.08 Å². The Morgan fingerprint density at radius 2 is 1.71 bits per heavy atom. The van der Waals surface area contributed by atoms with E-state index in [-0.39, 0.29) is 11.3 Å². The zero-order valence-electron chi connectivity index (χ0n) is 14.7. The third-order valence-electron chi connectivity index (χ3n) is 4.95. The van der Waals surface area contributed by atoms with Gasteiger partial charge in [-0.25, -0.2) is 4.79 Å². The van der Waals surface area contributed by atoms with E-state index >= 15 is 0 Å². The van der Waals surface area contributed by atoms with E-state index in [1.807, 2.05) is 0 Å². The first kappa shape index (κ1) is 16.7. The van der Waals surface area contributed by atoms with Gasteiger partial charge in [-0.05, 0) is 46.9 Å². The van der Waals surface area contributed by atoms with Crippen LogP contribution in [0, 0.1) is 0 Å². The van der Waals surface area contributed by atoms with E-state index < -0.39 is 6.03 Å². The van der Waals surface area contributed by atoms with Crippen molar-refractivity contribution in [2.45, 2.75) is 64.2 Å². The van der Waals surface area contributed by atoms with Gasteiger partial charge in [0.25, 0.3) is 5.91 Å². The molecule has 0 radical (unpaired) electrons. The van der Waals surface area contributed by atoms with Gasteiger partial charge >= 0.3 is 6.03 Å². The third kappa shape index (κ3) is 3.69. The molecule has 1 aliphatic carbocycles. The lowest BCUT2D eigenvalue weighted by atomic mass is 9.79. The molecule has 128 valence electrons. The first-order valence-corrected chi connectivity index (χ1v) is 8.82. The molecule has 1 heterocycles.